The molecule has 152 valence electrons. The van der Waals surface area contributed by atoms with Gasteiger partial charge in [-0.1, -0.05) is 53.5 Å². The summed E-state index contributed by atoms with van der Waals surface area (Å²) in [5.74, 6) is 0.759. The minimum Gasteiger partial charge on any atom is -0.489 e. The van der Waals surface area contributed by atoms with Crippen molar-refractivity contribution in [2.75, 3.05) is 24.7 Å². The topological polar surface area (TPSA) is 66.8 Å². The van der Waals surface area contributed by atoms with Crippen LogP contribution in [0.5, 0.6) is 5.75 Å². The van der Waals surface area contributed by atoms with Crippen molar-refractivity contribution in [2.24, 2.45) is 0 Å². The van der Waals surface area contributed by atoms with Crippen LogP contribution in [0, 0.1) is 0 Å². The van der Waals surface area contributed by atoms with Gasteiger partial charge in [-0.3, -0.25) is 4.90 Å². The molecule has 3 rings (SSSR count). The summed E-state index contributed by atoms with van der Waals surface area (Å²) in [7, 11) is -3.02. The second kappa shape index (κ2) is 9.46. The molecule has 0 aliphatic carbocycles. The van der Waals surface area contributed by atoms with Crippen LogP contribution in [0.3, 0.4) is 0 Å². The predicted molar refractivity (Wildman–Crippen MR) is 112 cm³/mol. The van der Waals surface area contributed by atoms with Gasteiger partial charge in [0, 0.05) is 24.2 Å². The van der Waals surface area contributed by atoms with Gasteiger partial charge in [-0.15, -0.1) is 0 Å². The highest BCUT2D eigenvalue weighted by atomic mass is 35.5. The van der Waals surface area contributed by atoms with Crippen LogP contribution in [-0.4, -0.2) is 55.2 Å². The maximum absolute atomic E-state index is 11.9. The molecule has 2 atom stereocenters. The standard InChI is InChI=1S/C20H23Cl2NO4S/c21-16-6-7-20(19(22)10-16)27-13-18(24)12-23(11-15-4-2-1-3-5-15)17-8-9-28(25,26)14-17/h1-7,10,17-18,24H,8-9,11-14H2. The van der Waals surface area contributed by atoms with Crippen LogP contribution < -0.4 is 4.74 Å². The summed E-state index contributed by atoms with van der Waals surface area (Å²) in [5.41, 5.74) is 1.07. The van der Waals surface area contributed by atoms with E-state index in [2.05, 4.69) is 0 Å². The molecule has 0 aromatic heterocycles. The molecule has 8 heteroatoms. The lowest BCUT2D eigenvalue weighted by atomic mass is 10.1. The molecular formula is C20H23Cl2NO4S. The van der Waals surface area contributed by atoms with Crippen molar-refractivity contribution in [3.8, 4) is 5.75 Å². The first-order valence-electron chi connectivity index (χ1n) is 9.07. The SMILES string of the molecule is O=S1(=O)CCC(N(Cc2ccccc2)CC(O)COc2ccc(Cl)cc2Cl)C1. The maximum atomic E-state index is 11.9. The summed E-state index contributed by atoms with van der Waals surface area (Å²) in [5, 5.41) is 11.4. The zero-order valence-electron chi connectivity index (χ0n) is 15.3. The first kappa shape index (κ1) is 21.4. The number of halogens is 2. The molecule has 2 aromatic rings. The second-order valence-corrected chi connectivity index (χ2v) is 10.1. The average Bonchev–Trinajstić information content (AvgIpc) is 3.01. The molecule has 0 saturated carbocycles. The number of ether oxygens (including phenoxy) is 1. The predicted octanol–water partition coefficient (Wildman–Crippen LogP) is 3.42. The van der Waals surface area contributed by atoms with E-state index >= 15 is 0 Å². The van der Waals surface area contributed by atoms with Gasteiger partial charge in [0.15, 0.2) is 9.84 Å². The number of aliphatic hydroxyl groups is 1. The van der Waals surface area contributed by atoms with Crippen molar-refractivity contribution in [3.63, 3.8) is 0 Å². The van der Waals surface area contributed by atoms with Gasteiger partial charge in [-0.25, -0.2) is 8.42 Å². The fourth-order valence-corrected chi connectivity index (χ4v) is 5.55. The third kappa shape index (κ3) is 6.09. The number of aliphatic hydroxyl groups excluding tert-OH is 1. The quantitative estimate of drug-likeness (QED) is 0.676. The van der Waals surface area contributed by atoms with Crippen molar-refractivity contribution < 1.29 is 18.3 Å². The molecular weight excluding hydrogens is 421 g/mol. The van der Waals surface area contributed by atoms with Gasteiger partial charge in [-0.05, 0) is 30.2 Å². The van der Waals surface area contributed by atoms with Crippen LogP contribution in [-0.2, 0) is 16.4 Å². The van der Waals surface area contributed by atoms with Crippen LogP contribution in [0.1, 0.15) is 12.0 Å². The van der Waals surface area contributed by atoms with Gasteiger partial charge in [0.1, 0.15) is 18.5 Å². The van der Waals surface area contributed by atoms with Crippen LogP contribution in [0.25, 0.3) is 0 Å². The number of nitrogens with zero attached hydrogens (tertiary/aromatic N) is 1. The van der Waals surface area contributed by atoms with E-state index in [1.807, 2.05) is 35.2 Å². The first-order valence-corrected chi connectivity index (χ1v) is 11.6. The van der Waals surface area contributed by atoms with E-state index in [0.717, 1.165) is 5.56 Å². The molecule has 1 aliphatic heterocycles. The van der Waals surface area contributed by atoms with Gasteiger partial charge < -0.3 is 9.84 Å². The summed E-state index contributed by atoms with van der Waals surface area (Å²) in [6.07, 6.45) is -0.218. The minimum atomic E-state index is -3.02. The van der Waals surface area contributed by atoms with Crippen molar-refractivity contribution in [1.82, 2.24) is 4.90 Å². The highest BCUT2D eigenvalue weighted by Crippen LogP contribution is 2.27. The molecule has 0 radical (unpaired) electrons. The molecule has 0 amide bonds. The fourth-order valence-electron chi connectivity index (χ4n) is 3.33. The van der Waals surface area contributed by atoms with Gasteiger partial charge in [0.25, 0.3) is 0 Å². The lowest BCUT2D eigenvalue weighted by Gasteiger charge is -2.30. The molecule has 1 saturated heterocycles. The van der Waals surface area contributed by atoms with Crippen LogP contribution >= 0.6 is 23.2 Å². The third-order valence-corrected chi connectivity index (χ3v) is 7.00. The second-order valence-electron chi connectivity index (χ2n) is 7.01. The van der Waals surface area contributed by atoms with Crippen LogP contribution in [0.15, 0.2) is 48.5 Å². The van der Waals surface area contributed by atoms with E-state index in [0.29, 0.717) is 35.3 Å². The Morgan fingerprint density at radius 2 is 1.93 bits per heavy atom. The van der Waals surface area contributed by atoms with E-state index in [-0.39, 0.29) is 24.2 Å². The number of rotatable bonds is 8. The van der Waals surface area contributed by atoms with E-state index in [1.54, 1.807) is 18.2 Å². The van der Waals surface area contributed by atoms with E-state index < -0.39 is 15.9 Å². The highest BCUT2D eigenvalue weighted by Gasteiger charge is 2.33. The summed E-state index contributed by atoms with van der Waals surface area (Å²) in [6, 6.07) is 14.6. The molecule has 28 heavy (non-hydrogen) atoms. The van der Waals surface area contributed by atoms with Crippen LogP contribution in [0.2, 0.25) is 10.0 Å². The Kier molecular flexibility index (Phi) is 7.23. The summed E-state index contributed by atoms with van der Waals surface area (Å²) >= 11 is 12.0. The maximum Gasteiger partial charge on any atom is 0.151 e. The van der Waals surface area contributed by atoms with Gasteiger partial charge in [0.05, 0.1) is 16.5 Å². The monoisotopic (exact) mass is 443 g/mol. The van der Waals surface area contributed by atoms with Gasteiger partial charge in [-0.2, -0.15) is 0 Å². The Hall–Kier alpha value is -1.31. The third-order valence-electron chi connectivity index (χ3n) is 4.72. The largest absolute Gasteiger partial charge is 0.489 e. The minimum absolute atomic E-state index is 0.0477. The zero-order chi connectivity index (χ0) is 20.1. The van der Waals surface area contributed by atoms with Crippen molar-refractivity contribution >= 4 is 33.0 Å². The lowest BCUT2D eigenvalue weighted by Crippen LogP contribution is -2.42. The lowest BCUT2D eigenvalue weighted by molar-refractivity contribution is 0.0525. The molecule has 5 nitrogen and oxygen atoms in total. The molecule has 1 aliphatic rings. The van der Waals surface area contributed by atoms with E-state index in [9.17, 15) is 13.5 Å². The molecule has 2 unspecified atom stereocenters. The van der Waals surface area contributed by atoms with Crippen molar-refractivity contribution in [1.29, 1.82) is 0 Å². The Morgan fingerprint density at radius 3 is 2.57 bits per heavy atom. The number of benzene rings is 2. The molecule has 0 spiro atoms. The van der Waals surface area contributed by atoms with Gasteiger partial charge in [0.2, 0.25) is 0 Å². The average molecular weight is 444 g/mol. The fraction of sp³-hybridized carbons (Fsp3) is 0.400. The molecule has 1 N–H and O–H groups in total. The summed E-state index contributed by atoms with van der Waals surface area (Å²) in [6.45, 7) is 0.923. The van der Waals surface area contributed by atoms with Crippen LogP contribution in [0.4, 0.5) is 0 Å². The summed E-state index contributed by atoms with van der Waals surface area (Å²) in [4.78, 5) is 2.03. The number of hydrogen-bond donors (Lipinski definition) is 1. The Morgan fingerprint density at radius 1 is 1.18 bits per heavy atom. The highest BCUT2D eigenvalue weighted by molar-refractivity contribution is 7.91. The Bertz CT molecular complexity index is 892. The van der Waals surface area contributed by atoms with Crippen molar-refractivity contribution in [3.05, 3.63) is 64.1 Å². The molecule has 0 bridgehead atoms. The molecule has 1 fully saturated rings. The number of sulfone groups is 1. The first-order chi connectivity index (χ1) is 13.3. The summed E-state index contributed by atoms with van der Waals surface area (Å²) < 4.78 is 29.5. The molecule has 1 heterocycles. The Labute approximate surface area is 175 Å². The molecule has 2 aromatic carbocycles. The Balaban J connectivity index is 1.64. The van der Waals surface area contributed by atoms with E-state index in [4.69, 9.17) is 27.9 Å². The zero-order valence-corrected chi connectivity index (χ0v) is 17.6. The smallest absolute Gasteiger partial charge is 0.151 e. The van der Waals surface area contributed by atoms with Crippen molar-refractivity contribution in [2.45, 2.75) is 25.1 Å². The number of hydrogen-bond acceptors (Lipinski definition) is 5. The van der Waals surface area contributed by atoms with Gasteiger partial charge >= 0.3 is 0 Å². The van der Waals surface area contributed by atoms with E-state index in [1.165, 1.54) is 0 Å². The normalized spacial score (nSPS) is 19.6.